The molecule has 2 aromatic heterocycles. The lowest BCUT2D eigenvalue weighted by Gasteiger charge is -2.28. The summed E-state index contributed by atoms with van der Waals surface area (Å²) >= 11 is 0. The van der Waals surface area contributed by atoms with Gasteiger partial charge in [-0.2, -0.15) is 0 Å². The van der Waals surface area contributed by atoms with Crippen molar-refractivity contribution in [1.29, 1.82) is 0 Å². The minimum absolute atomic E-state index is 0.0168. The lowest BCUT2D eigenvalue weighted by molar-refractivity contribution is -0.168. The topological polar surface area (TPSA) is 92.9 Å². The molecule has 3 heterocycles. The molecule has 5 atom stereocenters. The number of hydrogen-bond acceptors (Lipinski definition) is 8. The van der Waals surface area contributed by atoms with E-state index in [1.54, 1.807) is 6.20 Å². The van der Waals surface area contributed by atoms with E-state index in [-0.39, 0.29) is 30.4 Å². The molecule has 34 heavy (non-hydrogen) atoms. The number of hydrogen-bond donors (Lipinski definition) is 0. The maximum atomic E-state index is 12.4. The number of ether oxygens (including phenoxy) is 4. The highest BCUT2D eigenvalue weighted by Gasteiger charge is 2.51. The zero-order valence-corrected chi connectivity index (χ0v) is 20.2. The molecule has 1 aliphatic heterocycles. The van der Waals surface area contributed by atoms with Gasteiger partial charge >= 0.3 is 5.97 Å². The van der Waals surface area contributed by atoms with E-state index in [2.05, 4.69) is 10.1 Å². The first-order chi connectivity index (χ1) is 16.5. The Hall–Kier alpha value is -2.45. The molecule has 2 aromatic rings. The van der Waals surface area contributed by atoms with Gasteiger partial charge in [-0.1, -0.05) is 5.16 Å². The summed E-state index contributed by atoms with van der Waals surface area (Å²) in [6.07, 6.45) is 7.30. The molecular formula is C26H34N2O6. The number of nitrogens with zero attached hydrogens (tertiary/aromatic N) is 2. The lowest BCUT2D eigenvalue weighted by Crippen LogP contribution is -2.33. The fourth-order valence-electron chi connectivity index (χ4n) is 5.11. The van der Waals surface area contributed by atoms with Crippen LogP contribution < -0.4 is 4.74 Å². The molecule has 2 aliphatic carbocycles. The van der Waals surface area contributed by atoms with Crippen LogP contribution in [0.25, 0.3) is 11.5 Å². The van der Waals surface area contributed by atoms with Gasteiger partial charge in [-0.3, -0.25) is 4.79 Å². The number of carbonyl (C=O) groups is 1. The first-order valence-corrected chi connectivity index (χ1v) is 12.5. The van der Waals surface area contributed by atoms with Crippen LogP contribution in [0.1, 0.15) is 63.6 Å². The smallest absolute Gasteiger partial charge is 0.309 e. The largest absolute Gasteiger partial charge is 0.488 e. The standard InChI is InChI=1S/C26H34N2O6/c1-15(2)32-26(29)18-10-17-11-20(17)23(12-18)33-19-7-8-22(27-13-19)25-21(16(3)28-34-25)14-31-24-6-4-5-9-30-24/h7-8,13,15,17-18,20,23-24H,4-6,9-12,14H2,1-3H3. The predicted octanol–water partition coefficient (Wildman–Crippen LogP) is 4.83. The van der Waals surface area contributed by atoms with Crippen LogP contribution in [0.3, 0.4) is 0 Å². The molecule has 0 amide bonds. The molecule has 0 bridgehead atoms. The number of carbonyl (C=O) groups excluding carboxylic acids is 1. The Kier molecular flexibility index (Phi) is 6.88. The summed E-state index contributed by atoms with van der Waals surface area (Å²) in [5, 5.41) is 4.12. The number of fused-ring (bicyclic) bond motifs is 1. The van der Waals surface area contributed by atoms with Crippen molar-refractivity contribution in [1.82, 2.24) is 10.1 Å². The summed E-state index contributed by atoms with van der Waals surface area (Å²) in [5.41, 5.74) is 2.35. The van der Waals surface area contributed by atoms with Crippen LogP contribution in [0.2, 0.25) is 0 Å². The average molecular weight is 471 g/mol. The molecule has 184 valence electrons. The van der Waals surface area contributed by atoms with E-state index in [0.717, 1.165) is 50.0 Å². The highest BCUT2D eigenvalue weighted by atomic mass is 16.7. The Labute approximate surface area is 200 Å². The van der Waals surface area contributed by atoms with Crippen molar-refractivity contribution in [2.45, 2.75) is 84.4 Å². The Morgan fingerprint density at radius 3 is 2.82 bits per heavy atom. The van der Waals surface area contributed by atoms with E-state index in [1.807, 2.05) is 32.9 Å². The molecule has 0 aromatic carbocycles. The van der Waals surface area contributed by atoms with Crippen LogP contribution in [0.4, 0.5) is 0 Å². The van der Waals surface area contributed by atoms with Crippen LogP contribution in [0.15, 0.2) is 22.9 Å². The van der Waals surface area contributed by atoms with Crippen LogP contribution in [-0.4, -0.2) is 41.2 Å². The van der Waals surface area contributed by atoms with Gasteiger partial charge in [0.1, 0.15) is 17.5 Å². The fourth-order valence-corrected chi connectivity index (χ4v) is 5.11. The Morgan fingerprint density at radius 2 is 2.09 bits per heavy atom. The number of aryl methyl sites for hydroxylation is 1. The van der Waals surface area contributed by atoms with Crippen molar-refractivity contribution in [2.75, 3.05) is 6.61 Å². The van der Waals surface area contributed by atoms with E-state index < -0.39 is 0 Å². The third-order valence-electron chi connectivity index (χ3n) is 7.04. The predicted molar refractivity (Wildman–Crippen MR) is 123 cm³/mol. The van der Waals surface area contributed by atoms with E-state index in [1.165, 1.54) is 0 Å². The molecule has 5 unspecified atom stereocenters. The summed E-state index contributed by atoms with van der Waals surface area (Å²) in [6, 6.07) is 3.79. The quantitative estimate of drug-likeness (QED) is 0.506. The SMILES string of the molecule is Cc1noc(-c2ccc(OC3CC(C(=O)OC(C)C)CC4CC43)cn2)c1COC1CCCCO1. The maximum absolute atomic E-state index is 12.4. The Balaban J connectivity index is 1.22. The summed E-state index contributed by atoms with van der Waals surface area (Å²) in [7, 11) is 0. The lowest BCUT2D eigenvalue weighted by atomic mass is 9.87. The molecular weight excluding hydrogens is 436 g/mol. The van der Waals surface area contributed by atoms with Crippen LogP contribution >= 0.6 is 0 Å². The van der Waals surface area contributed by atoms with Gasteiger partial charge in [0, 0.05) is 6.61 Å². The van der Waals surface area contributed by atoms with Gasteiger partial charge in [-0.05, 0) is 83.3 Å². The number of aromatic nitrogens is 2. The normalized spacial score (nSPS) is 28.4. The average Bonchev–Trinajstić information content (AvgIpc) is 3.53. The zero-order chi connectivity index (χ0) is 23.7. The van der Waals surface area contributed by atoms with E-state index >= 15 is 0 Å². The van der Waals surface area contributed by atoms with Gasteiger partial charge in [0.15, 0.2) is 12.1 Å². The third kappa shape index (κ3) is 5.28. The van der Waals surface area contributed by atoms with Crippen molar-refractivity contribution in [3.8, 4) is 17.2 Å². The van der Waals surface area contributed by atoms with Crippen molar-refractivity contribution >= 4 is 5.97 Å². The second kappa shape index (κ2) is 10.0. The third-order valence-corrected chi connectivity index (χ3v) is 7.04. The van der Waals surface area contributed by atoms with Gasteiger partial charge in [0.2, 0.25) is 0 Å². The van der Waals surface area contributed by atoms with Crippen molar-refractivity contribution < 1.29 is 28.3 Å². The van der Waals surface area contributed by atoms with Gasteiger partial charge in [-0.15, -0.1) is 0 Å². The zero-order valence-electron chi connectivity index (χ0n) is 20.2. The maximum Gasteiger partial charge on any atom is 0.309 e. The van der Waals surface area contributed by atoms with Crippen molar-refractivity contribution in [3.05, 3.63) is 29.6 Å². The molecule has 8 nitrogen and oxygen atoms in total. The second-order valence-electron chi connectivity index (χ2n) is 10.0. The van der Waals surface area contributed by atoms with Crippen LogP contribution in [0.5, 0.6) is 5.75 Å². The number of pyridine rings is 1. The summed E-state index contributed by atoms with van der Waals surface area (Å²) in [4.78, 5) is 17.0. The first kappa shape index (κ1) is 23.3. The van der Waals surface area contributed by atoms with Gasteiger partial charge in [0.05, 0.1) is 36.1 Å². The number of rotatable bonds is 8. The Bertz CT molecular complexity index is 982. The van der Waals surface area contributed by atoms with Crippen molar-refractivity contribution in [3.63, 3.8) is 0 Å². The van der Waals surface area contributed by atoms with Crippen molar-refractivity contribution in [2.24, 2.45) is 17.8 Å². The summed E-state index contributed by atoms with van der Waals surface area (Å²) in [5.74, 6) is 2.19. The molecule has 1 saturated heterocycles. The monoisotopic (exact) mass is 470 g/mol. The van der Waals surface area contributed by atoms with E-state index in [9.17, 15) is 4.79 Å². The molecule has 2 saturated carbocycles. The van der Waals surface area contributed by atoms with E-state index in [4.69, 9.17) is 23.5 Å². The molecule has 5 rings (SSSR count). The molecule has 0 spiro atoms. The van der Waals surface area contributed by atoms with Gasteiger partial charge in [0.25, 0.3) is 0 Å². The molecule has 8 heteroatoms. The molecule has 3 fully saturated rings. The second-order valence-corrected chi connectivity index (χ2v) is 10.0. The molecule has 0 N–H and O–H groups in total. The Morgan fingerprint density at radius 1 is 1.21 bits per heavy atom. The summed E-state index contributed by atoms with van der Waals surface area (Å²) < 4.78 is 28.9. The van der Waals surface area contributed by atoms with Crippen LogP contribution in [0, 0.1) is 24.7 Å². The highest BCUT2D eigenvalue weighted by Crippen LogP contribution is 2.52. The van der Waals surface area contributed by atoms with E-state index in [0.29, 0.717) is 42.1 Å². The minimum Gasteiger partial charge on any atom is -0.488 e. The summed E-state index contributed by atoms with van der Waals surface area (Å²) in [6.45, 7) is 6.79. The number of esters is 1. The fraction of sp³-hybridized carbons (Fsp3) is 0.654. The van der Waals surface area contributed by atoms with Gasteiger partial charge in [-0.25, -0.2) is 4.98 Å². The van der Waals surface area contributed by atoms with Crippen LogP contribution in [-0.2, 0) is 25.6 Å². The molecule has 0 radical (unpaired) electrons. The first-order valence-electron chi connectivity index (χ1n) is 12.5. The highest BCUT2D eigenvalue weighted by molar-refractivity contribution is 5.73. The minimum atomic E-state index is -0.178. The van der Waals surface area contributed by atoms with Gasteiger partial charge < -0.3 is 23.5 Å². The molecule has 3 aliphatic rings.